The van der Waals surface area contributed by atoms with Crippen LogP contribution in [-0.4, -0.2) is 41.1 Å². The molecule has 1 spiro atoms. The minimum Gasteiger partial charge on any atom is -0.464 e. The van der Waals surface area contributed by atoms with E-state index in [1.807, 2.05) is 25.1 Å². The van der Waals surface area contributed by atoms with Crippen LogP contribution in [0.4, 0.5) is 5.69 Å². The molecule has 0 bridgehead atoms. The van der Waals surface area contributed by atoms with Crippen LogP contribution in [0.25, 0.3) is 0 Å². The summed E-state index contributed by atoms with van der Waals surface area (Å²) in [5.41, 5.74) is 3.08. The van der Waals surface area contributed by atoms with E-state index in [0.717, 1.165) is 11.1 Å². The van der Waals surface area contributed by atoms with Gasteiger partial charge < -0.3 is 15.0 Å². The highest BCUT2D eigenvalue weighted by molar-refractivity contribution is 8.01. The second-order valence-corrected chi connectivity index (χ2v) is 8.94. The third-order valence-corrected chi connectivity index (χ3v) is 7.05. The summed E-state index contributed by atoms with van der Waals surface area (Å²) in [5.74, 6) is -0.846. The van der Waals surface area contributed by atoms with Crippen molar-refractivity contribution in [2.45, 2.75) is 31.2 Å². The fraction of sp³-hybridized carbons (Fsp3) is 0.318. The Kier molecular flexibility index (Phi) is 5.51. The van der Waals surface area contributed by atoms with E-state index in [9.17, 15) is 14.4 Å². The number of ether oxygens (including phenoxy) is 1. The number of esters is 1. The Morgan fingerprint density at radius 1 is 1.27 bits per heavy atom. The van der Waals surface area contributed by atoms with Crippen molar-refractivity contribution in [3.8, 4) is 0 Å². The molecule has 8 heteroatoms. The van der Waals surface area contributed by atoms with E-state index in [4.69, 9.17) is 16.3 Å². The van der Waals surface area contributed by atoms with Gasteiger partial charge in [-0.1, -0.05) is 41.4 Å². The zero-order valence-corrected chi connectivity index (χ0v) is 18.2. The Bertz CT molecular complexity index is 1030. The smallest absolute Gasteiger partial charge is 0.329 e. The number of halogens is 1. The van der Waals surface area contributed by atoms with Crippen molar-refractivity contribution in [2.24, 2.45) is 0 Å². The SMILES string of the molecule is CCOC(=O)[C@@H]1CS[C@@]2(C(=O)Nc3ccc(C)cc32)N1C(=O)Cc1ccc(Cl)cc1. The molecule has 2 aliphatic heterocycles. The Hall–Kier alpha value is -2.51. The van der Waals surface area contributed by atoms with Gasteiger partial charge in [-0.2, -0.15) is 0 Å². The molecule has 0 aliphatic carbocycles. The van der Waals surface area contributed by atoms with Crippen LogP contribution in [0.3, 0.4) is 0 Å². The average molecular weight is 445 g/mol. The van der Waals surface area contributed by atoms with E-state index in [-0.39, 0.29) is 30.6 Å². The summed E-state index contributed by atoms with van der Waals surface area (Å²) in [5, 5.41) is 3.45. The fourth-order valence-corrected chi connectivity index (χ4v) is 5.63. The largest absolute Gasteiger partial charge is 0.464 e. The standard InChI is InChI=1S/C22H21ClN2O4S/c1-3-29-20(27)18-12-30-22(16-10-13(2)4-9-17(16)24-21(22)28)25(18)19(26)11-14-5-7-15(23)8-6-14/h4-10,18H,3,11-12H2,1-2H3,(H,24,28)/t18-,22-/m0/s1. The van der Waals surface area contributed by atoms with E-state index in [2.05, 4.69) is 5.32 Å². The summed E-state index contributed by atoms with van der Waals surface area (Å²) in [4.78, 5) is 39.6. The van der Waals surface area contributed by atoms with Gasteiger partial charge >= 0.3 is 5.97 Å². The first-order valence-electron chi connectivity index (χ1n) is 9.66. The molecule has 0 saturated carbocycles. The third kappa shape index (κ3) is 3.36. The number of thioether (sulfide) groups is 1. The molecule has 0 aromatic heterocycles. The highest BCUT2D eigenvalue weighted by Gasteiger charge is 2.61. The second kappa shape index (κ2) is 7.96. The lowest BCUT2D eigenvalue weighted by molar-refractivity contribution is -0.156. The molecule has 0 unspecified atom stereocenters. The normalized spacial score (nSPS) is 22.2. The van der Waals surface area contributed by atoms with Gasteiger partial charge in [-0.15, -0.1) is 11.8 Å². The van der Waals surface area contributed by atoms with Gasteiger partial charge in [0.2, 0.25) is 5.91 Å². The van der Waals surface area contributed by atoms with E-state index < -0.39 is 16.9 Å². The van der Waals surface area contributed by atoms with Crippen molar-refractivity contribution in [1.82, 2.24) is 4.90 Å². The van der Waals surface area contributed by atoms with Gasteiger partial charge in [-0.05, 0) is 37.6 Å². The minimum absolute atomic E-state index is 0.0454. The molecule has 2 aromatic carbocycles. The number of carbonyl (C=O) groups is 3. The number of amides is 2. The summed E-state index contributed by atoms with van der Waals surface area (Å²) >= 11 is 7.25. The molecule has 2 atom stereocenters. The molecule has 2 heterocycles. The number of hydrogen-bond acceptors (Lipinski definition) is 5. The van der Waals surface area contributed by atoms with Gasteiger partial charge in [-0.25, -0.2) is 4.79 Å². The van der Waals surface area contributed by atoms with E-state index >= 15 is 0 Å². The predicted octanol–water partition coefficient (Wildman–Crippen LogP) is 3.50. The van der Waals surface area contributed by atoms with Crippen molar-refractivity contribution < 1.29 is 19.1 Å². The lowest BCUT2D eigenvalue weighted by Crippen LogP contribution is -2.54. The number of fused-ring (bicyclic) bond motifs is 2. The molecule has 2 amide bonds. The zero-order chi connectivity index (χ0) is 21.5. The van der Waals surface area contributed by atoms with E-state index in [1.54, 1.807) is 31.2 Å². The molecule has 1 N–H and O–H groups in total. The monoisotopic (exact) mass is 444 g/mol. The zero-order valence-electron chi connectivity index (χ0n) is 16.6. The van der Waals surface area contributed by atoms with Crippen LogP contribution in [0.15, 0.2) is 42.5 Å². The van der Waals surface area contributed by atoms with Crippen LogP contribution in [0.2, 0.25) is 5.02 Å². The quantitative estimate of drug-likeness (QED) is 0.730. The molecular weight excluding hydrogens is 424 g/mol. The Labute approximate surface area is 183 Å². The molecule has 0 radical (unpaired) electrons. The molecule has 2 aliphatic rings. The lowest BCUT2D eigenvalue weighted by Gasteiger charge is -2.35. The topological polar surface area (TPSA) is 75.7 Å². The minimum atomic E-state index is -1.29. The van der Waals surface area contributed by atoms with Gasteiger partial charge in [-0.3, -0.25) is 9.59 Å². The van der Waals surface area contributed by atoms with Crippen molar-refractivity contribution in [1.29, 1.82) is 0 Å². The van der Waals surface area contributed by atoms with Crippen LogP contribution >= 0.6 is 23.4 Å². The first kappa shape index (κ1) is 20.8. The van der Waals surface area contributed by atoms with E-state index in [1.165, 1.54) is 16.7 Å². The highest BCUT2D eigenvalue weighted by atomic mass is 35.5. The summed E-state index contributed by atoms with van der Waals surface area (Å²) in [6.45, 7) is 3.85. The Morgan fingerprint density at radius 2 is 2.00 bits per heavy atom. The van der Waals surface area contributed by atoms with Crippen LogP contribution in [-0.2, 0) is 30.4 Å². The molecule has 4 rings (SSSR count). The van der Waals surface area contributed by atoms with Crippen molar-refractivity contribution in [3.05, 3.63) is 64.2 Å². The van der Waals surface area contributed by atoms with Gasteiger partial charge in [0.05, 0.1) is 13.0 Å². The number of hydrogen-bond donors (Lipinski definition) is 1. The fourth-order valence-electron chi connectivity index (χ4n) is 3.95. The maximum Gasteiger partial charge on any atom is 0.329 e. The number of carbonyl (C=O) groups excluding carboxylic acids is 3. The molecule has 2 aromatic rings. The van der Waals surface area contributed by atoms with E-state index in [0.29, 0.717) is 16.3 Å². The Morgan fingerprint density at radius 3 is 2.70 bits per heavy atom. The van der Waals surface area contributed by atoms with Gasteiger partial charge in [0.25, 0.3) is 5.91 Å². The first-order valence-corrected chi connectivity index (χ1v) is 11.0. The third-order valence-electron chi connectivity index (χ3n) is 5.29. The van der Waals surface area contributed by atoms with Gasteiger partial charge in [0.1, 0.15) is 6.04 Å². The van der Waals surface area contributed by atoms with Crippen LogP contribution in [0.5, 0.6) is 0 Å². The second-order valence-electron chi connectivity index (χ2n) is 7.29. The number of anilines is 1. The van der Waals surface area contributed by atoms with Crippen molar-refractivity contribution in [2.75, 3.05) is 17.7 Å². The lowest BCUT2D eigenvalue weighted by atomic mass is 10.0. The highest BCUT2D eigenvalue weighted by Crippen LogP contribution is 2.54. The summed E-state index contributed by atoms with van der Waals surface area (Å²) in [6.07, 6.45) is 0.0454. The summed E-state index contributed by atoms with van der Waals surface area (Å²) in [7, 11) is 0. The number of nitrogens with one attached hydrogen (secondary N) is 1. The van der Waals surface area contributed by atoms with Crippen LogP contribution < -0.4 is 5.32 Å². The number of nitrogens with zero attached hydrogens (tertiary/aromatic N) is 1. The molecule has 156 valence electrons. The van der Waals surface area contributed by atoms with Gasteiger partial charge in [0.15, 0.2) is 4.87 Å². The molecular formula is C22H21ClN2O4S. The predicted molar refractivity (Wildman–Crippen MR) is 116 cm³/mol. The summed E-state index contributed by atoms with van der Waals surface area (Å²) in [6, 6.07) is 11.7. The molecule has 30 heavy (non-hydrogen) atoms. The molecule has 1 saturated heterocycles. The number of aryl methyl sites for hydroxylation is 1. The summed E-state index contributed by atoms with van der Waals surface area (Å²) < 4.78 is 5.23. The first-order chi connectivity index (χ1) is 14.4. The van der Waals surface area contributed by atoms with Crippen LogP contribution in [0, 0.1) is 6.92 Å². The molecule has 1 fully saturated rings. The maximum absolute atomic E-state index is 13.5. The number of benzene rings is 2. The average Bonchev–Trinajstić information content (AvgIpc) is 3.24. The van der Waals surface area contributed by atoms with Crippen LogP contribution in [0.1, 0.15) is 23.6 Å². The van der Waals surface area contributed by atoms with Crippen molar-refractivity contribution in [3.63, 3.8) is 0 Å². The van der Waals surface area contributed by atoms with Gasteiger partial charge in [0, 0.05) is 22.0 Å². The maximum atomic E-state index is 13.5. The molecule has 6 nitrogen and oxygen atoms in total. The van der Waals surface area contributed by atoms with Crippen molar-refractivity contribution >= 4 is 46.8 Å². The Balaban J connectivity index is 1.77. The number of rotatable bonds is 4.